The summed E-state index contributed by atoms with van der Waals surface area (Å²) in [4.78, 5) is 11.4. The second kappa shape index (κ2) is 10.4. The second-order valence-corrected chi connectivity index (χ2v) is 10.2. The molecule has 2 aromatic rings. The number of aryl methyl sites for hydroxylation is 1. The summed E-state index contributed by atoms with van der Waals surface area (Å²) in [5.74, 6) is 0.214. The van der Waals surface area contributed by atoms with E-state index >= 15 is 0 Å². The SMILES string of the molecule is CC1CCC(Oc2ccc3cc(CC[C@@]4(CC(=O)O)CCCNC4)ccc3c2C(F)F)CC1. The van der Waals surface area contributed by atoms with E-state index in [1.165, 1.54) is 0 Å². The number of ether oxygens (including phenoxy) is 1. The zero-order valence-corrected chi connectivity index (χ0v) is 19.4. The highest BCUT2D eigenvalue weighted by atomic mass is 19.3. The summed E-state index contributed by atoms with van der Waals surface area (Å²) in [7, 11) is 0. The number of rotatable bonds is 8. The average Bonchev–Trinajstić information content (AvgIpc) is 2.79. The Morgan fingerprint density at radius 2 is 2.00 bits per heavy atom. The monoisotopic (exact) mass is 459 g/mol. The van der Waals surface area contributed by atoms with Gasteiger partial charge in [-0.2, -0.15) is 0 Å². The molecule has 180 valence electrons. The number of aliphatic carboxylic acids is 1. The molecule has 0 spiro atoms. The van der Waals surface area contributed by atoms with E-state index in [1.807, 2.05) is 18.2 Å². The van der Waals surface area contributed by atoms with Gasteiger partial charge in [0.15, 0.2) is 0 Å². The maximum atomic E-state index is 14.1. The van der Waals surface area contributed by atoms with Crippen molar-refractivity contribution >= 4 is 16.7 Å². The Kier molecular flexibility index (Phi) is 7.52. The predicted octanol–water partition coefficient (Wildman–Crippen LogP) is 6.51. The van der Waals surface area contributed by atoms with E-state index in [9.17, 15) is 18.7 Å². The Morgan fingerprint density at radius 1 is 1.21 bits per heavy atom. The highest BCUT2D eigenvalue weighted by Crippen LogP contribution is 2.39. The van der Waals surface area contributed by atoms with E-state index in [0.29, 0.717) is 23.6 Å². The molecule has 0 unspecified atom stereocenters. The van der Waals surface area contributed by atoms with Crippen molar-refractivity contribution in [1.29, 1.82) is 0 Å². The third-order valence-corrected chi connectivity index (χ3v) is 7.59. The minimum Gasteiger partial charge on any atom is -0.490 e. The molecule has 4 rings (SSSR count). The largest absolute Gasteiger partial charge is 0.490 e. The fourth-order valence-electron chi connectivity index (χ4n) is 5.61. The molecular weight excluding hydrogens is 424 g/mol. The van der Waals surface area contributed by atoms with Crippen molar-refractivity contribution in [2.24, 2.45) is 11.3 Å². The number of benzene rings is 2. The van der Waals surface area contributed by atoms with Crippen molar-refractivity contribution in [3.05, 3.63) is 41.5 Å². The van der Waals surface area contributed by atoms with Crippen LogP contribution in [-0.4, -0.2) is 30.3 Å². The van der Waals surface area contributed by atoms with Crippen LogP contribution in [0.5, 0.6) is 5.75 Å². The van der Waals surface area contributed by atoms with Crippen LogP contribution in [0.1, 0.15) is 75.8 Å². The highest BCUT2D eigenvalue weighted by molar-refractivity contribution is 5.88. The molecule has 0 amide bonds. The van der Waals surface area contributed by atoms with Gasteiger partial charge in [-0.3, -0.25) is 4.79 Å². The lowest BCUT2D eigenvalue weighted by molar-refractivity contribution is -0.140. The summed E-state index contributed by atoms with van der Waals surface area (Å²) in [6.07, 6.45) is 4.89. The summed E-state index contributed by atoms with van der Waals surface area (Å²) in [6.45, 7) is 3.86. The molecule has 1 saturated heterocycles. The first-order chi connectivity index (χ1) is 15.8. The van der Waals surface area contributed by atoms with Crippen LogP contribution in [0.25, 0.3) is 10.8 Å². The van der Waals surface area contributed by atoms with Gasteiger partial charge in [-0.1, -0.05) is 31.2 Å². The predicted molar refractivity (Wildman–Crippen MR) is 126 cm³/mol. The summed E-state index contributed by atoms with van der Waals surface area (Å²) in [5.41, 5.74) is 0.784. The van der Waals surface area contributed by atoms with Crippen LogP contribution in [0.2, 0.25) is 0 Å². The first kappa shape index (κ1) is 23.9. The fraction of sp³-hybridized carbons (Fsp3) is 0.593. The Balaban J connectivity index is 1.53. The van der Waals surface area contributed by atoms with Gasteiger partial charge < -0.3 is 15.2 Å². The van der Waals surface area contributed by atoms with Gasteiger partial charge in [0, 0.05) is 6.54 Å². The van der Waals surface area contributed by atoms with Crippen LogP contribution in [0.15, 0.2) is 30.3 Å². The van der Waals surface area contributed by atoms with Gasteiger partial charge in [0.25, 0.3) is 6.43 Å². The molecule has 1 aliphatic carbocycles. The summed E-state index contributed by atoms with van der Waals surface area (Å²) >= 11 is 0. The molecule has 6 heteroatoms. The lowest BCUT2D eigenvalue weighted by atomic mass is 9.73. The average molecular weight is 460 g/mol. The minimum absolute atomic E-state index is 0.00458. The zero-order valence-electron chi connectivity index (χ0n) is 19.4. The van der Waals surface area contributed by atoms with Crippen molar-refractivity contribution < 1.29 is 23.4 Å². The van der Waals surface area contributed by atoms with Crippen molar-refractivity contribution in [3.63, 3.8) is 0 Å². The molecular formula is C27H35F2NO3. The van der Waals surface area contributed by atoms with Gasteiger partial charge in [-0.05, 0) is 91.6 Å². The van der Waals surface area contributed by atoms with E-state index in [2.05, 4.69) is 12.2 Å². The number of alkyl halides is 2. The molecule has 0 bridgehead atoms. The van der Waals surface area contributed by atoms with Gasteiger partial charge in [0.05, 0.1) is 18.1 Å². The molecule has 0 radical (unpaired) electrons. The molecule has 4 nitrogen and oxygen atoms in total. The van der Waals surface area contributed by atoms with Crippen LogP contribution in [0.4, 0.5) is 8.78 Å². The third-order valence-electron chi connectivity index (χ3n) is 7.59. The van der Waals surface area contributed by atoms with Gasteiger partial charge in [-0.25, -0.2) is 8.78 Å². The van der Waals surface area contributed by atoms with Crippen LogP contribution in [0, 0.1) is 11.3 Å². The van der Waals surface area contributed by atoms with Crippen LogP contribution < -0.4 is 10.1 Å². The maximum Gasteiger partial charge on any atom is 0.303 e. The van der Waals surface area contributed by atoms with E-state index in [-0.39, 0.29) is 23.5 Å². The zero-order chi connectivity index (χ0) is 23.4. The van der Waals surface area contributed by atoms with Crippen molar-refractivity contribution in [3.8, 4) is 5.75 Å². The van der Waals surface area contributed by atoms with Crippen molar-refractivity contribution in [2.45, 2.75) is 77.2 Å². The van der Waals surface area contributed by atoms with Gasteiger partial charge >= 0.3 is 5.97 Å². The Morgan fingerprint density at radius 3 is 2.67 bits per heavy atom. The summed E-state index contributed by atoms with van der Waals surface area (Å²) < 4.78 is 34.3. The van der Waals surface area contributed by atoms with Gasteiger partial charge in [0.1, 0.15) is 5.75 Å². The number of carboxylic acid groups (broad SMARTS) is 1. The molecule has 33 heavy (non-hydrogen) atoms. The highest BCUT2D eigenvalue weighted by Gasteiger charge is 2.34. The number of piperidine rings is 1. The molecule has 2 aromatic carbocycles. The number of halogens is 2. The van der Waals surface area contributed by atoms with Crippen LogP contribution in [0.3, 0.4) is 0 Å². The Bertz CT molecular complexity index is 963. The smallest absolute Gasteiger partial charge is 0.303 e. The lowest BCUT2D eigenvalue weighted by Gasteiger charge is -2.36. The standard InChI is InChI=1S/C27H35F2NO3/c1-18-3-7-21(8-4-18)33-23-10-6-20-15-19(5-9-22(20)25(23)26(28)29)11-13-27(16-24(31)32)12-2-14-30-17-27/h5-6,9-10,15,18,21,26,30H,2-4,7-8,11-14,16-17H2,1H3,(H,31,32)/t18?,21?,27-/m1/s1. The molecule has 1 aliphatic heterocycles. The van der Waals surface area contributed by atoms with E-state index < -0.39 is 12.4 Å². The van der Waals surface area contributed by atoms with E-state index in [0.717, 1.165) is 68.9 Å². The number of carbonyl (C=O) groups is 1. The second-order valence-electron chi connectivity index (χ2n) is 10.2. The van der Waals surface area contributed by atoms with Crippen LogP contribution >= 0.6 is 0 Å². The first-order valence-corrected chi connectivity index (χ1v) is 12.3. The van der Waals surface area contributed by atoms with Crippen molar-refractivity contribution in [2.75, 3.05) is 13.1 Å². The van der Waals surface area contributed by atoms with Gasteiger partial charge in [0.2, 0.25) is 0 Å². The minimum atomic E-state index is -2.61. The first-order valence-electron chi connectivity index (χ1n) is 12.3. The van der Waals surface area contributed by atoms with Gasteiger partial charge in [-0.15, -0.1) is 0 Å². The number of hydrogen-bond acceptors (Lipinski definition) is 3. The molecule has 1 saturated carbocycles. The van der Waals surface area contributed by atoms with Crippen LogP contribution in [-0.2, 0) is 11.2 Å². The number of carboxylic acids is 1. The molecule has 2 aliphatic rings. The number of hydrogen-bond donors (Lipinski definition) is 2. The summed E-state index contributed by atoms with van der Waals surface area (Å²) in [6, 6.07) is 9.23. The molecule has 1 atom stereocenters. The third kappa shape index (κ3) is 5.84. The molecule has 1 heterocycles. The normalized spacial score (nSPS) is 25.9. The number of fused-ring (bicyclic) bond motifs is 1. The topological polar surface area (TPSA) is 58.6 Å². The molecule has 0 aromatic heterocycles. The number of nitrogens with one attached hydrogen (secondary N) is 1. The fourth-order valence-corrected chi connectivity index (χ4v) is 5.61. The quantitative estimate of drug-likeness (QED) is 0.472. The maximum absolute atomic E-state index is 14.1. The lowest BCUT2D eigenvalue weighted by Crippen LogP contribution is -2.41. The Labute approximate surface area is 194 Å². The molecule has 2 N–H and O–H groups in total. The van der Waals surface area contributed by atoms with E-state index in [1.54, 1.807) is 12.1 Å². The Hall–Kier alpha value is -2.21. The molecule has 2 fully saturated rings. The van der Waals surface area contributed by atoms with Crippen molar-refractivity contribution in [1.82, 2.24) is 5.32 Å². The van der Waals surface area contributed by atoms with E-state index in [4.69, 9.17) is 4.74 Å². The summed E-state index contributed by atoms with van der Waals surface area (Å²) in [5, 5.41) is 14.1.